The van der Waals surface area contributed by atoms with Gasteiger partial charge in [-0.05, 0) is 47.5 Å². The normalized spacial score (nSPS) is 18.0. The van der Waals surface area contributed by atoms with Crippen LogP contribution < -0.4 is 9.61 Å². The van der Waals surface area contributed by atoms with E-state index in [0.29, 0.717) is 16.6 Å². The molecule has 126 valence electrons. The standard InChI is InChI=1S/C21H15N2O2P/c22-15-16-10-12-17(13-11-16)21-14-18-6-4-5-9-20(18)23-26(21,24)25-19-7-2-1-3-8-19/h1-14H,(H,23,24)/t26-/m1/s1. The van der Waals surface area contributed by atoms with Crippen molar-refractivity contribution in [1.82, 2.24) is 0 Å². The number of benzene rings is 3. The Labute approximate surface area is 151 Å². The van der Waals surface area contributed by atoms with E-state index in [9.17, 15) is 4.57 Å². The van der Waals surface area contributed by atoms with Crippen LogP contribution >= 0.6 is 7.52 Å². The first kappa shape index (κ1) is 16.2. The SMILES string of the molecule is N#Cc1ccc(C2=Cc3ccccc3N[P@]2(=O)Oc2ccccc2)cc1. The number of nitriles is 1. The van der Waals surface area contributed by atoms with Gasteiger partial charge in [0.25, 0.3) is 0 Å². The largest absolute Gasteiger partial charge is 0.426 e. The van der Waals surface area contributed by atoms with Crippen molar-refractivity contribution >= 4 is 24.6 Å². The van der Waals surface area contributed by atoms with E-state index in [0.717, 1.165) is 16.8 Å². The Kier molecular flexibility index (Phi) is 4.08. The highest BCUT2D eigenvalue weighted by Gasteiger charge is 2.35. The van der Waals surface area contributed by atoms with E-state index >= 15 is 0 Å². The fraction of sp³-hybridized carbons (Fsp3) is 0. The Morgan fingerprint density at radius 3 is 2.31 bits per heavy atom. The van der Waals surface area contributed by atoms with Crippen LogP contribution in [0.15, 0.2) is 78.9 Å². The number of hydrogen-bond donors (Lipinski definition) is 1. The fourth-order valence-corrected chi connectivity index (χ4v) is 4.85. The van der Waals surface area contributed by atoms with Gasteiger partial charge in [0.1, 0.15) is 5.75 Å². The fourth-order valence-electron chi connectivity index (χ4n) is 2.85. The van der Waals surface area contributed by atoms with Crippen LogP contribution in [-0.4, -0.2) is 0 Å². The molecule has 0 saturated heterocycles. The molecule has 0 fully saturated rings. The molecule has 4 nitrogen and oxygen atoms in total. The summed E-state index contributed by atoms with van der Waals surface area (Å²) in [5, 5.41) is 12.7. The Bertz CT molecular complexity index is 1070. The molecule has 1 N–H and O–H groups in total. The van der Waals surface area contributed by atoms with Crippen molar-refractivity contribution in [2.75, 3.05) is 5.09 Å². The molecule has 1 heterocycles. The topological polar surface area (TPSA) is 62.1 Å². The van der Waals surface area contributed by atoms with Crippen LogP contribution in [0.1, 0.15) is 16.7 Å². The maximum absolute atomic E-state index is 13.8. The minimum atomic E-state index is -3.40. The zero-order valence-electron chi connectivity index (χ0n) is 13.8. The highest BCUT2D eigenvalue weighted by molar-refractivity contribution is 7.72. The monoisotopic (exact) mass is 358 g/mol. The first-order valence-electron chi connectivity index (χ1n) is 8.13. The molecule has 1 atom stereocenters. The molecule has 5 heteroatoms. The summed E-state index contributed by atoms with van der Waals surface area (Å²) in [7, 11) is -3.40. The maximum Gasteiger partial charge on any atom is 0.372 e. The van der Waals surface area contributed by atoms with Gasteiger partial charge in [-0.15, -0.1) is 0 Å². The Morgan fingerprint density at radius 2 is 1.58 bits per heavy atom. The molecule has 0 saturated carbocycles. The van der Waals surface area contributed by atoms with E-state index in [1.54, 1.807) is 36.4 Å². The zero-order chi connectivity index (χ0) is 18.0. The number of para-hydroxylation sites is 2. The molecule has 3 aromatic rings. The van der Waals surface area contributed by atoms with Gasteiger partial charge < -0.3 is 9.61 Å². The van der Waals surface area contributed by atoms with E-state index in [1.807, 2.05) is 48.5 Å². The van der Waals surface area contributed by atoms with Gasteiger partial charge in [-0.1, -0.05) is 48.5 Å². The third kappa shape index (κ3) is 3.01. The van der Waals surface area contributed by atoms with Crippen molar-refractivity contribution in [3.8, 4) is 11.8 Å². The molecular weight excluding hydrogens is 343 g/mol. The molecule has 4 rings (SSSR count). The summed E-state index contributed by atoms with van der Waals surface area (Å²) < 4.78 is 19.7. The lowest BCUT2D eigenvalue weighted by Gasteiger charge is -2.28. The molecule has 0 amide bonds. The Balaban J connectivity index is 1.83. The van der Waals surface area contributed by atoms with Crippen molar-refractivity contribution < 1.29 is 9.09 Å². The number of hydrogen-bond acceptors (Lipinski definition) is 3. The second-order valence-electron chi connectivity index (χ2n) is 5.87. The van der Waals surface area contributed by atoms with Crippen molar-refractivity contribution in [2.45, 2.75) is 0 Å². The third-order valence-corrected chi connectivity index (χ3v) is 6.15. The third-order valence-electron chi connectivity index (χ3n) is 4.12. The molecule has 26 heavy (non-hydrogen) atoms. The van der Waals surface area contributed by atoms with Crippen LogP contribution in [0.3, 0.4) is 0 Å². The van der Waals surface area contributed by atoms with Gasteiger partial charge in [-0.3, -0.25) is 0 Å². The number of fused-ring (bicyclic) bond motifs is 1. The van der Waals surface area contributed by atoms with E-state index in [1.165, 1.54) is 0 Å². The molecule has 1 aliphatic heterocycles. The highest BCUT2D eigenvalue weighted by atomic mass is 31.2. The van der Waals surface area contributed by atoms with Gasteiger partial charge in [0.05, 0.1) is 16.9 Å². The molecule has 0 spiro atoms. The van der Waals surface area contributed by atoms with Crippen LogP contribution in [0.5, 0.6) is 5.75 Å². The lowest BCUT2D eigenvalue weighted by atomic mass is 10.1. The van der Waals surface area contributed by atoms with E-state index < -0.39 is 7.52 Å². The first-order chi connectivity index (χ1) is 12.7. The smallest absolute Gasteiger partial charge is 0.372 e. The molecule has 0 aromatic heterocycles. The predicted molar refractivity (Wildman–Crippen MR) is 104 cm³/mol. The van der Waals surface area contributed by atoms with Crippen molar-refractivity contribution in [3.63, 3.8) is 0 Å². The van der Waals surface area contributed by atoms with Crippen molar-refractivity contribution in [3.05, 3.63) is 95.6 Å². The number of anilines is 1. The first-order valence-corrected chi connectivity index (χ1v) is 9.75. The highest BCUT2D eigenvalue weighted by Crippen LogP contribution is 2.62. The lowest BCUT2D eigenvalue weighted by molar-refractivity contribution is 0.498. The van der Waals surface area contributed by atoms with Crippen LogP contribution in [-0.2, 0) is 4.57 Å². The quantitative estimate of drug-likeness (QED) is 0.605. The minimum Gasteiger partial charge on any atom is -0.426 e. The summed E-state index contributed by atoms with van der Waals surface area (Å²) in [6.45, 7) is 0. The van der Waals surface area contributed by atoms with Crippen molar-refractivity contribution in [2.24, 2.45) is 0 Å². The van der Waals surface area contributed by atoms with E-state index in [4.69, 9.17) is 9.79 Å². The number of rotatable bonds is 3. The van der Waals surface area contributed by atoms with Gasteiger partial charge in [0, 0.05) is 5.69 Å². The average Bonchev–Trinajstić information content (AvgIpc) is 2.68. The molecule has 1 aliphatic rings. The van der Waals surface area contributed by atoms with Crippen LogP contribution in [0, 0.1) is 11.3 Å². The summed E-state index contributed by atoms with van der Waals surface area (Å²) >= 11 is 0. The second kappa shape index (κ2) is 6.55. The Hall–Kier alpha value is -3.28. The number of nitrogens with zero attached hydrogens (tertiary/aromatic N) is 1. The van der Waals surface area contributed by atoms with E-state index in [-0.39, 0.29) is 0 Å². The van der Waals surface area contributed by atoms with Crippen molar-refractivity contribution in [1.29, 1.82) is 5.26 Å². The molecular formula is C21H15N2O2P. The van der Waals surface area contributed by atoms with Gasteiger partial charge in [0.15, 0.2) is 0 Å². The lowest BCUT2D eigenvalue weighted by Crippen LogP contribution is -2.10. The predicted octanol–water partition coefficient (Wildman–Crippen LogP) is 5.75. The van der Waals surface area contributed by atoms with Gasteiger partial charge in [-0.25, -0.2) is 4.57 Å². The maximum atomic E-state index is 13.8. The second-order valence-corrected chi connectivity index (χ2v) is 7.86. The zero-order valence-corrected chi connectivity index (χ0v) is 14.7. The summed E-state index contributed by atoms with van der Waals surface area (Å²) in [6, 6.07) is 25.9. The average molecular weight is 358 g/mol. The summed E-state index contributed by atoms with van der Waals surface area (Å²) in [6.07, 6.45) is 1.89. The summed E-state index contributed by atoms with van der Waals surface area (Å²) in [4.78, 5) is 0. The van der Waals surface area contributed by atoms with Gasteiger partial charge in [0.2, 0.25) is 0 Å². The van der Waals surface area contributed by atoms with E-state index in [2.05, 4.69) is 11.2 Å². The molecule has 0 bridgehead atoms. The summed E-state index contributed by atoms with van der Waals surface area (Å²) in [5.74, 6) is 0.530. The molecule has 0 radical (unpaired) electrons. The van der Waals surface area contributed by atoms with Gasteiger partial charge in [-0.2, -0.15) is 5.26 Å². The van der Waals surface area contributed by atoms with Crippen LogP contribution in [0.25, 0.3) is 11.4 Å². The molecule has 0 aliphatic carbocycles. The molecule has 0 unspecified atom stereocenters. The summed E-state index contributed by atoms with van der Waals surface area (Å²) in [5.41, 5.74) is 3.02. The van der Waals surface area contributed by atoms with Gasteiger partial charge >= 0.3 is 7.52 Å². The molecule has 3 aromatic carbocycles. The van der Waals surface area contributed by atoms with Crippen LogP contribution in [0.2, 0.25) is 0 Å². The minimum absolute atomic E-state index is 0.530. The number of nitrogens with one attached hydrogen (secondary N) is 1. The Morgan fingerprint density at radius 1 is 0.885 bits per heavy atom. The van der Waals surface area contributed by atoms with Crippen LogP contribution in [0.4, 0.5) is 5.69 Å².